The number of aromatic nitrogens is 2. The lowest BCUT2D eigenvalue weighted by Crippen LogP contribution is -2.71. The van der Waals surface area contributed by atoms with Crippen LogP contribution in [0.25, 0.3) is 10.9 Å². The Bertz CT molecular complexity index is 2000. The third kappa shape index (κ3) is 7.32. The van der Waals surface area contributed by atoms with Crippen molar-refractivity contribution in [3.05, 3.63) is 70.8 Å². The van der Waals surface area contributed by atoms with Crippen LogP contribution in [0.1, 0.15) is 24.2 Å². The SMILES string of the molecule is C#CCON=C(C(=O)NC1C(=O)N2C(C(=O)O)=C(CSc3cc[n+](CC=C)c4cc(C5CNCCN5CC)c(F)cc34)CS[C@@H]12)c1csc(N)n1. The molecular formula is C34H36FN8O5S3+. The summed E-state index contributed by atoms with van der Waals surface area (Å²) in [7, 11) is 0. The fourth-order valence-corrected chi connectivity index (χ4v) is 9.42. The number of oxime groups is 1. The first kappa shape index (κ1) is 36.3. The summed E-state index contributed by atoms with van der Waals surface area (Å²) in [5.41, 5.74) is 7.53. The number of nitrogens with one attached hydrogen (secondary N) is 2. The van der Waals surface area contributed by atoms with Gasteiger partial charge in [-0.2, -0.15) is 4.57 Å². The zero-order chi connectivity index (χ0) is 36.2. The van der Waals surface area contributed by atoms with Crippen LogP contribution >= 0.6 is 34.9 Å². The van der Waals surface area contributed by atoms with Crippen LogP contribution in [0.5, 0.6) is 0 Å². The lowest BCUT2D eigenvalue weighted by Gasteiger charge is -2.49. The summed E-state index contributed by atoms with van der Waals surface area (Å²) < 4.78 is 17.9. The van der Waals surface area contributed by atoms with Crippen molar-refractivity contribution in [1.82, 2.24) is 25.4 Å². The quantitative estimate of drug-likeness (QED) is 0.0296. The molecule has 13 nitrogen and oxygen atoms in total. The minimum Gasteiger partial charge on any atom is -0.477 e. The normalized spacial score (nSPS) is 20.8. The van der Waals surface area contributed by atoms with Gasteiger partial charge in [-0.25, -0.2) is 14.2 Å². The smallest absolute Gasteiger partial charge is 0.352 e. The molecule has 3 aliphatic rings. The third-order valence-corrected chi connectivity index (χ3v) is 11.9. The maximum Gasteiger partial charge on any atom is 0.352 e. The molecule has 3 aromatic rings. The van der Waals surface area contributed by atoms with Crippen molar-refractivity contribution in [2.45, 2.75) is 35.8 Å². The molecule has 6 rings (SSSR count). The molecule has 51 heavy (non-hydrogen) atoms. The van der Waals surface area contributed by atoms with E-state index in [4.69, 9.17) is 17.0 Å². The molecule has 266 valence electrons. The third-order valence-electron chi connectivity index (χ3n) is 8.76. The van der Waals surface area contributed by atoms with Crippen LogP contribution in [0.2, 0.25) is 0 Å². The molecule has 0 radical (unpaired) electrons. The summed E-state index contributed by atoms with van der Waals surface area (Å²) in [6.07, 6.45) is 8.92. The molecule has 17 heteroatoms. The molecule has 2 amide bonds. The van der Waals surface area contributed by atoms with Gasteiger partial charge in [0.25, 0.3) is 11.8 Å². The van der Waals surface area contributed by atoms with Gasteiger partial charge in [0, 0.05) is 59.1 Å². The van der Waals surface area contributed by atoms with E-state index in [1.54, 1.807) is 12.1 Å². The number of carboxylic acid groups (broad SMARTS) is 1. The number of carbonyl (C=O) groups excluding carboxylic acids is 2. The zero-order valence-electron chi connectivity index (χ0n) is 27.6. The van der Waals surface area contributed by atoms with E-state index >= 15 is 4.39 Å². The molecular weight excluding hydrogens is 716 g/mol. The number of rotatable bonds is 13. The number of benzene rings is 1. The van der Waals surface area contributed by atoms with Crippen molar-refractivity contribution in [2.75, 3.05) is 50.0 Å². The van der Waals surface area contributed by atoms with Gasteiger partial charge in [0.2, 0.25) is 5.52 Å². The van der Waals surface area contributed by atoms with Crippen molar-refractivity contribution < 1.29 is 33.3 Å². The molecule has 0 saturated carbocycles. The van der Waals surface area contributed by atoms with Gasteiger partial charge >= 0.3 is 5.97 Å². The minimum atomic E-state index is -1.25. The lowest BCUT2D eigenvalue weighted by atomic mass is 10.00. The first-order valence-corrected chi connectivity index (χ1v) is 19.0. The van der Waals surface area contributed by atoms with Crippen LogP contribution in [0.4, 0.5) is 9.52 Å². The number of thiazole rings is 1. The summed E-state index contributed by atoms with van der Waals surface area (Å²) in [6.45, 7) is 9.42. The molecule has 3 atom stereocenters. The van der Waals surface area contributed by atoms with E-state index in [0.717, 1.165) is 41.4 Å². The van der Waals surface area contributed by atoms with Gasteiger partial charge in [-0.3, -0.25) is 19.4 Å². The fourth-order valence-electron chi connectivity index (χ4n) is 6.36. The predicted octanol–water partition coefficient (Wildman–Crippen LogP) is 2.34. The number of anilines is 1. The number of likely N-dealkylation sites (N-methyl/N-ethyl adjacent to an activating group) is 1. The van der Waals surface area contributed by atoms with E-state index in [-0.39, 0.29) is 46.5 Å². The van der Waals surface area contributed by atoms with Gasteiger partial charge < -0.3 is 26.3 Å². The van der Waals surface area contributed by atoms with Crippen LogP contribution in [0.3, 0.4) is 0 Å². The summed E-state index contributed by atoms with van der Waals surface area (Å²) in [5.74, 6) is -0.0928. The molecule has 0 bridgehead atoms. The number of amides is 2. The van der Waals surface area contributed by atoms with Crippen molar-refractivity contribution in [2.24, 2.45) is 5.16 Å². The van der Waals surface area contributed by atoms with Crippen LogP contribution in [0, 0.1) is 18.2 Å². The number of nitrogens with two attached hydrogens (primary N) is 1. The Kier molecular flexibility index (Phi) is 11.3. The highest BCUT2D eigenvalue weighted by atomic mass is 32.2. The molecule has 2 aromatic heterocycles. The van der Waals surface area contributed by atoms with Crippen LogP contribution in [0.15, 0.2) is 63.8 Å². The Labute approximate surface area is 306 Å². The first-order valence-electron chi connectivity index (χ1n) is 16.1. The highest BCUT2D eigenvalue weighted by Crippen LogP contribution is 2.42. The average Bonchev–Trinajstić information content (AvgIpc) is 3.56. The number of fused-ring (bicyclic) bond motifs is 2. The second kappa shape index (κ2) is 15.8. The number of hydrogen-bond acceptors (Lipinski definition) is 12. The number of halogens is 1. The Hall–Kier alpha value is -4.47. The summed E-state index contributed by atoms with van der Waals surface area (Å²) in [4.78, 5) is 52.6. The van der Waals surface area contributed by atoms with Crippen LogP contribution in [-0.4, -0.2) is 99.1 Å². The molecule has 1 aromatic carbocycles. The molecule has 2 saturated heterocycles. The van der Waals surface area contributed by atoms with E-state index < -0.39 is 29.2 Å². The number of allylic oxidation sites excluding steroid dienone is 1. The maximum atomic E-state index is 15.9. The second-order valence-electron chi connectivity index (χ2n) is 11.8. The number of nitrogens with zero attached hydrogens (tertiary/aromatic N) is 5. The summed E-state index contributed by atoms with van der Waals surface area (Å²) >= 11 is 3.81. The van der Waals surface area contributed by atoms with Crippen molar-refractivity contribution >= 4 is 74.4 Å². The van der Waals surface area contributed by atoms with Gasteiger partial charge in [-0.15, -0.1) is 41.3 Å². The zero-order valence-corrected chi connectivity index (χ0v) is 30.1. The van der Waals surface area contributed by atoms with E-state index in [1.807, 2.05) is 22.9 Å². The second-order valence-corrected chi connectivity index (χ2v) is 14.8. The van der Waals surface area contributed by atoms with Gasteiger partial charge in [0.15, 0.2) is 30.2 Å². The Morgan fingerprint density at radius 2 is 2.25 bits per heavy atom. The topological polar surface area (TPSA) is 166 Å². The van der Waals surface area contributed by atoms with Crippen LogP contribution < -0.4 is 20.9 Å². The standard InChI is InChI=1S/C34H35FN8O5S3/c1-4-9-42-10-7-26(21-13-22(35)20(14-24(21)42)25-15-37-8-11-41(25)6-3)49-16-19-17-50-32-28(31(45)43(32)29(19)33(46)47)39-30(44)27(40-48-12-5-2)23-18-51-34(36)38-23/h2,4,7,10,13-14,18,25,28,32,37H,1,6,8-9,11-12,15-17H2,3H3,(H3-,36,38,39,44,46,47)/p+1/t25?,28?,32-/m0/s1. The number of piperazine rings is 1. The number of thioether (sulfide) groups is 2. The van der Waals surface area contributed by atoms with E-state index in [0.29, 0.717) is 35.4 Å². The van der Waals surface area contributed by atoms with Crippen molar-refractivity contribution in [1.29, 1.82) is 0 Å². The lowest BCUT2D eigenvalue weighted by molar-refractivity contribution is -0.661. The van der Waals surface area contributed by atoms with Gasteiger partial charge in [-0.1, -0.05) is 24.6 Å². The predicted molar refractivity (Wildman–Crippen MR) is 195 cm³/mol. The van der Waals surface area contributed by atoms with E-state index in [2.05, 4.69) is 45.1 Å². The number of hydrogen-bond donors (Lipinski definition) is 4. The number of carboxylic acids is 1. The highest BCUT2D eigenvalue weighted by molar-refractivity contribution is 8.01. The minimum absolute atomic E-state index is 0.105. The Morgan fingerprint density at radius 3 is 2.96 bits per heavy atom. The van der Waals surface area contributed by atoms with Crippen LogP contribution in [-0.2, 0) is 25.8 Å². The highest BCUT2D eigenvalue weighted by Gasteiger charge is 2.54. The number of terminal acetylenes is 1. The summed E-state index contributed by atoms with van der Waals surface area (Å²) in [5, 5.41) is 21.9. The molecule has 3 aliphatic heterocycles. The number of carbonyl (C=O) groups is 3. The number of β-lactam (4-membered cyclic amide) rings is 1. The molecule has 5 N–H and O–H groups in total. The van der Waals surface area contributed by atoms with Gasteiger partial charge in [-0.05, 0) is 24.3 Å². The molecule has 5 heterocycles. The molecule has 0 spiro atoms. The fraction of sp³-hybridized carbons (Fsp3) is 0.353. The van der Waals surface area contributed by atoms with E-state index in [1.165, 1.54) is 33.8 Å². The number of aliphatic carboxylic acids is 1. The average molecular weight is 752 g/mol. The van der Waals surface area contributed by atoms with Gasteiger partial charge in [0.05, 0.1) is 11.4 Å². The Balaban J connectivity index is 1.23. The van der Waals surface area contributed by atoms with Gasteiger partial charge in [0.1, 0.15) is 28.6 Å². The molecule has 2 unspecified atom stereocenters. The molecule has 2 fully saturated rings. The van der Waals surface area contributed by atoms with Crippen molar-refractivity contribution in [3.63, 3.8) is 0 Å². The first-order chi connectivity index (χ1) is 24.7. The largest absolute Gasteiger partial charge is 0.477 e. The van der Waals surface area contributed by atoms with E-state index in [9.17, 15) is 19.5 Å². The number of nitrogen functional groups attached to an aromatic ring is 1. The number of pyridine rings is 1. The maximum absolute atomic E-state index is 15.9. The monoisotopic (exact) mass is 751 g/mol. The Morgan fingerprint density at radius 1 is 1.43 bits per heavy atom. The summed E-state index contributed by atoms with van der Waals surface area (Å²) in [6, 6.07) is 4.24. The molecule has 0 aliphatic carbocycles. The van der Waals surface area contributed by atoms with Crippen molar-refractivity contribution in [3.8, 4) is 12.3 Å².